The fourth-order valence-corrected chi connectivity index (χ4v) is 7.27. The van der Waals surface area contributed by atoms with E-state index in [1.54, 1.807) is 6.33 Å². The number of amides is 1. The van der Waals surface area contributed by atoms with E-state index >= 15 is 0 Å². The summed E-state index contributed by atoms with van der Waals surface area (Å²) in [4.78, 5) is 30.0. The van der Waals surface area contributed by atoms with Crippen LogP contribution >= 0.6 is 23.4 Å². The summed E-state index contributed by atoms with van der Waals surface area (Å²) in [5.74, 6) is 2.21. The van der Waals surface area contributed by atoms with Crippen LogP contribution in [0.25, 0.3) is 0 Å². The molecule has 2 fully saturated rings. The first-order valence-corrected chi connectivity index (χ1v) is 13.1. The Kier molecular flexibility index (Phi) is 5.52. The summed E-state index contributed by atoms with van der Waals surface area (Å²) in [5, 5.41) is 1.18. The second-order valence-corrected chi connectivity index (χ2v) is 11.0. The summed E-state index contributed by atoms with van der Waals surface area (Å²) in [6.07, 6.45) is 5.23. The highest BCUT2D eigenvalue weighted by Crippen LogP contribution is 2.51. The lowest BCUT2D eigenvalue weighted by molar-refractivity contribution is -0.134. The Morgan fingerprint density at radius 1 is 1.12 bits per heavy atom. The van der Waals surface area contributed by atoms with Crippen LogP contribution in [0, 0.1) is 0 Å². The Balaban J connectivity index is 1.23. The Morgan fingerprint density at radius 3 is 2.75 bits per heavy atom. The number of carbonyl (C=O) groups excluding carboxylic acids is 1. The average molecular weight is 470 g/mol. The lowest BCUT2D eigenvalue weighted by Crippen LogP contribution is -2.58. The van der Waals surface area contributed by atoms with Crippen LogP contribution in [0.3, 0.4) is 0 Å². The van der Waals surface area contributed by atoms with Crippen molar-refractivity contribution in [3.8, 4) is 0 Å². The predicted molar refractivity (Wildman–Crippen MR) is 128 cm³/mol. The Labute approximate surface area is 198 Å². The molecule has 5 heterocycles. The normalized spacial score (nSPS) is 25.5. The molecule has 6 rings (SSSR count). The van der Waals surface area contributed by atoms with E-state index in [1.165, 1.54) is 24.1 Å². The monoisotopic (exact) mass is 469 g/mol. The number of likely N-dealkylation sites (tertiary alicyclic amines) is 1. The minimum atomic E-state index is -0.137. The van der Waals surface area contributed by atoms with Gasteiger partial charge in [-0.25, -0.2) is 9.97 Å². The molecule has 4 aliphatic heterocycles. The number of rotatable bonds is 4. The summed E-state index contributed by atoms with van der Waals surface area (Å²) in [5.41, 5.74) is 3.63. The molecule has 0 bridgehead atoms. The third kappa shape index (κ3) is 3.68. The summed E-state index contributed by atoms with van der Waals surface area (Å²) >= 11 is 8.12. The number of anilines is 1. The molecule has 168 valence electrons. The van der Waals surface area contributed by atoms with Crippen LogP contribution in [-0.4, -0.2) is 71.0 Å². The lowest BCUT2D eigenvalue weighted by atomic mass is 9.93. The van der Waals surface area contributed by atoms with Gasteiger partial charge in [-0.3, -0.25) is 4.79 Å². The maximum atomic E-state index is 13.9. The van der Waals surface area contributed by atoms with Crippen LogP contribution in [0.15, 0.2) is 30.6 Å². The van der Waals surface area contributed by atoms with Gasteiger partial charge in [0, 0.05) is 53.8 Å². The lowest BCUT2D eigenvalue weighted by Gasteiger charge is -2.47. The topological polar surface area (TPSA) is 52.6 Å². The fourth-order valence-electron chi connectivity index (χ4n) is 5.79. The molecule has 0 saturated carbocycles. The van der Waals surface area contributed by atoms with Crippen LogP contribution in [-0.2, 0) is 10.5 Å². The quantitative estimate of drug-likeness (QED) is 0.680. The average Bonchev–Trinajstić information content (AvgIpc) is 3.48. The van der Waals surface area contributed by atoms with Gasteiger partial charge in [-0.1, -0.05) is 23.7 Å². The third-order valence-corrected chi connectivity index (χ3v) is 8.97. The van der Waals surface area contributed by atoms with Gasteiger partial charge in [0.05, 0.1) is 11.6 Å². The van der Waals surface area contributed by atoms with Gasteiger partial charge in [-0.15, -0.1) is 11.8 Å². The van der Waals surface area contributed by atoms with Crippen LogP contribution in [0.2, 0.25) is 5.02 Å². The van der Waals surface area contributed by atoms with Gasteiger partial charge in [-0.2, -0.15) is 0 Å². The maximum Gasteiger partial charge on any atom is 0.231 e. The first-order valence-electron chi connectivity index (χ1n) is 11.7. The van der Waals surface area contributed by atoms with Crippen LogP contribution in [0.1, 0.15) is 47.3 Å². The molecule has 0 N–H and O–H groups in total. The molecule has 0 spiro atoms. The second-order valence-electron chi connectivity index (χ2n) is 9.34. The van der Waals surface area contributed by atoms with Gasteiger partial charge >= 0.3 is 0 Å². The van der Waals surface area contributed by atoms with Crippen molar-refractivity contribution in [1.29, 1.82) is 0 Å². The molecule has 8 heteroatoms. The fraction of sp³-hybridized carbons (Fsp3) is 0.542. The van der Waals surface area contributed by atoms with Crippen molar-refractivity contribution in [3.63, 3.8) is 0 Å². The van der Waals surface area contributed by atoms with Crippen molar-refractivity contribution in [3.05, 3.63) is 52.4 Å². The van der Waals surface area contributed by atoms with Crippen molar-refractivity contribution < 1.29 is 4.79 Å². The predicted octanol–water partition coefficient (Wildman–Crippen LogP) is 3.72. The number of piperazine rings is 1. The van der Waals surface area contributed by atoms with Gasteiger partial charge in [0.1, 0.15) is 12.1 Å². The summed E-state index contributed by atoms with van der Waals surface area (Å²) in [6, 6.07) is 8.21. The zero-order valence-electron chi connectivity index (χ0n) is 18.1. The second kappa shape index (κ2) is 8.50. The van der Waals surface area contributed by atoms with E-state index in [1.807, 2.05) is 36.0 Å². The summed E-state index contributed by atoms with van der Waals surface area (Å²) in [6.45, 7) is 5.34. The smallest absolute Gasteiger partial charge is 0.231 e. The molecule has 32 heavy (non-hydrogen) atoms. The van der Waals surface area contributed by atoms with Crippen molar-refractivity contribution in [2.45, 2.75) is 42.2 Å². The van der Waals surface area contributed by atoms with Crippen molar-refractivity contribution >= 4 is 35.1 Å². The molecular formula is C24H28ClN5OS. The van der Waals surface area contributed by atoms with Gasteiger partial charge < -0.3 is 14.7 Å². The number of thioether (sulfide) groups is 1. The Bertz CT molecular complexity index is 1010. The number of fused-ring (bicyclic) bond motifs is 2. The Morgan fingerprint density at radius 2 is 1.94 bits per heavy atom. The van der Waals surface area contributed by atoms with E-state index in [0.717, 1.165) is 62.8 Å². The molecule has 1 amide bonds. The number of halogens is 1. The van der Waals surface area contributed by atoms with Crippen LogP contribution < -0.4 is 4.90 Å². The number of aromatic nitrogens is 2. The molecule has 1 aromatic carbocycles. The zero-order chi connectivity index (χ0) is 21.7. The summed E-state index contributed by atoms with van der Waals surface area (Å²) < 4.78 is 0. The van der Waals surface area contributed by atoms with Crippen molar-refractivity contribution in [1.82, 2.24) is 19.8 Å². The van der Waals surface area contributed by atoms with E-state index in [4.69, 9.17) is 11.6 Å². The van der Waals surface area contributed by atoms with E-state index < -0.39 is 0 Å². The van der Waals surface area contributed by atoms with Crippen LogP contribution in [0.4, 0.5) is 5.82 Å². The molecule has 1 aromatic heterocycles. The number of hydrogen-bond donors (Lipinski definition) is 0. The molecule has 1 unspecified atom stereocenters. The van der Waals surface area contributed by atoms with Gasteiger partial charge in [0.25, 0.3) is 0 Å². The molecule has 2 aromatic rings. The first-order chi connectivity index (χ1) is 15.7. The summed E-state index contributed by atoms with van der Waals surface area (Å²) in [7, 11) is 0. The highest BCUT2D eigenvalue weighted by atomic mass is 35.5. The number of nitrogens with zero attached hydrogens (tertiary/aromatic N) is 5. The van der Waals surface area contributed by atoms with Gasteiger partial charge in [-0.05, 0) is 50.0 Å². The molecule has 0 radical (unpaired) electrons. The van der Waals surface area contributed by atoms with E-state index in [-0.39, 0.29) is 11.8 Å². The molecule has 4 aliphatic rings. The van der Waals surface area contributed by atoms with E-state index in [9.17, 15) is 4.79 Å². The number of hydrogen-bond acceptors (Lipinski definition) is 6. The highest BCUT2D eigenvalue weighted by molar-refractivity contribution is 7.99. The minimum Gasteiger partial charge on any atom is -0.350 e. The van der Waals surface area contributed by atoms with Gasteiger partial charge in [0.15, 0.2) is 0 Å². The van der Waals surface area contributed by atoms with E-state index in [2.05, 4.69) is 24.7 Å². The molecule has 2 saturated heterocycles. The third-order valence-electron chi connectivity index (χ3n) is 7.45. The zero-order valence-corrected chi connectivity index (χ0v) is 19.7. The van der Waals surface area contributed by atoms with Gasteiger partial charge in [0.2, 0.25) is 5.91 Å². The molecule has 3 atom stereocenters. The van der Waals surface area contributed by atoms with E-state index in [0.29, 0.717) is 16.3 Å². The first kappa shape index (κ1) is 20.8. The minimum absolute atomic E-state index is 0.137. The molecule has 0 aliphatic carbocycles. The number of carbonyl (C=O) groups is 1. The molecule has 6 nitrogen and oxygen atoms in total. The SMILES string of the molecule is O=C(C(CN1CCCC1)c1ccc(Cl)cc1)N1CCN2c3ncnc4c3[C@@H](C[C@H]2C1)SC4. The molecular weight excluding hydrogens is 442 g/mol. The standard InChI is InChI=1S/C24H28ClN5OS/c25-17-5-3-16(4-6-17)19(13-28-7-1-2-8-28)24(31)29-9-10-30-18(12-29)11-21-22-20(14-32-21)26-15-27-23(22)30/h3-6,15,18-19,21H,1-2,7-14H2/t18-,19?,21+/m0/s1. The largest absolute Gasteiger partial charge is 0.350 e. The maximum absolute atomic E-state index is 13.9. The van der Waals surface area contributed by atoms with Crippen LogP contribution in [0.5, 0.6) is 0 Å². The Hall–Kier alpha value is -1.83. The van der Waals surface area contributed by atoms with Crippen molar-refractivity contribution in [2.24, 2.45) is 0 Å². The number of benzene rings is 1. The van der Waals surface area contributed by atoms with Crippen molar-refractivity contribution in [2.75, 3.05) is 44.2 Å². The highest BCUT2D eigenvalue weighted by Gasteiger charge is 2.43.